The minimum atomic E-state index is -0.194. The maximum atomic E-state index is 13.4. The van der Waals surface area contributed by atoms with Crippen LogP contribution in [0, 0.1) is 0 Å². The van der Waals surface area contributed by atoms with Crippen LogP contribution < -0.4 is 10.3 Å². The summed E-state index contributed by atoms with van der Waals surface area (Å²) in [5, 5.41) is 0. The van der Waals surface area contributed by atoms with Crippen LogP contribution in [0.4, 0.5) is 0 Å². The molecular formula is C24H29N3O3. The van der Waals surface area contributed by atoms with Gasteiger partial charge in [-0.1, -0.05) is 19.1 Å². The van der Waals surface area contributed by atoms with E-state index in [-0.39, 0.29) is 16.9 Å². The molecule has 0 bridgehead atoms. The summed E-state index contributed by atoms with van der Waals surface area (Å²) in [4.78, 5) is 36.0. The number of carbonyl (C=O) groups excluding carboxylic acids is 1. The molecule has 0 radical (unpaired) electrons. The molecule has 1 aromatic carbocycles. The van der Waals surface area contributed by atoms with E-state index in [1.165, 1.54) is 0 Å². The first kappa shape index (κ1) is 19.3. The number of benzene rings is 1. The Morgan fingerprint density at radius 1 is 1.30 bits per heavy atom. The molecule has 6 heteroatoms. The quantitative estimate of drug-likeness (QED) is 0.822. The Kier molecular flexibility index (Phi) is 4.88. The summed E-state index contributed by atoms with van der Waals surface area (Å²) in [7, 11) is 0. The fraction of sp³-hybridized carbons (Fsp3) is 0.542. The Morgan fingerprint density at radius 2 is 2.13 bits per heavy atom. The molecule has 1 aliphatic heterocycles. The molecule has 1 amide bonds. The number of hydrogen-bond acceptors (Lipinski definition) is 4. The van der Waals surface area contributed by atoms with Gasteiger partial charge in [-0.2, -0.15) is 0 Å². The zero-order valence-electron chi connectivity index (χ0n) is 17.6. The molecule has 1 saturated heterocycles. The van der Waals surface area contributed by atoms with Gasteiger partial charge in [0.15, 0.2) is 0 Å². The SMILES string of the molecule is CCCOc1ccccc1C(=O)N1CCCC2(CCc3c2nc(C2CC2)[nH]c3=O)C1. The van der Waals surface area contributed by atoms with Crippen molar-refractivity contribution in [1.82, 2.24) is 14.9 Å². The second-order valence-corrected chi connectivity index (χ2v) is 9.01. The molecule has 1 spiro atoms. The number of piperidine rings is 1. The second-order valence-electron chi connectivity index (χ2n) is 9.01. The number of ether oxygens (including phenoxy) is 1. The maximum Gasteiger partial charge on any atom is 0.257 e. The van der Waals surface area contributed by atoms with Crippen LogP contribution in [0.2, 0.25) is 0 Å². The molecule has 2 aromatic rings. The molecule has 1 saturated carbocycles. The molecule has 1 N–H and O–H groups in total. The molecular weight excluding hydrogens is 378 g/mol. The van der Waals surface area contributed by atoms with E-state index in [0.717, 1.165) is 68.6 Å². The van der Waals surface area contributed by atoms with Crippen LogP contribution in [0.15, 0.2) is 29.1 Å². The number of nitrogens with zero attached hydrogens (tertiary/aromatic N) is 2. The van der Waals surface area contributed by atoms with Gasteiger partial charge < -0.3 is 14.6 Å². The first-order chi connectivity index (χ1) is 14.6. The van der Waals surface area contributed by atoms with Gasteiger partial charge in [-0.25, -0.2) is 4.98 Å². The molecule has 1 unspecified atom stereocenters. The summed E-state index contributed by atoms with van der Waals surface area (Å²) in [6, 6.07) is 7.52. The standard InChI is InChI=1S/C24H29N3O3/c1-2-14-30-19-7-4-3-6-17(19)23(29)27-13-5-11-24(15-27)12-10-18-20(24)25-21(16-8-9-16)26-22(18)28/h3-4,6-7,16H,2,5,8-15H2,1H3,(H,25,26,28). The molecule has 2 heterocycles. The molecule has 2 fully saturated rings. The van der Waals surface area contributed by atoms with Gasteiger partial charge >= 0.3 is 0 Å². The van der Waals surface area contributed by atoms with Crippen LogP contribution in [0.1, 0.15) is 78.8 Å². The van der Waals surface area contributed by atoms with Crippen LogP contribution >= 0.6 is 0 Å². The highest BCUT2D eigenvalue weighted by Crippen LogP contribution is 2.45. The van der Waals surface area contributed by atoms with Gasteiger partial charge in [0.05, 0.1) is 17.9 Å². The third kappa shape index (κ3) is 3.32. The molecule has 6 nitrogen and oxygen atoms in total. The molecule has 1 atom stereocenters. The lowest BCUT2D eigenvalue weighted by atomic mass is 9.77. The fourth-order valence-corrected chi connectivity index (χ4v) is 5.07. The van der Waals surface area contributed by atoms with Crippen molar-refractivity contribution in [2.24, 2.45) is 0 Å². The molecule has 1 aromatic heterocycles. The summed E-state index contributed by atoms with van der Waals surface area (Å²) in [5.74, 6) is 1.93. The van der Waals surface area contributed by atoms with Gasteiger partial charge in [-0.15, -0.1) is 0 Å². The van der Waals surface area contributed by atoms with Gasteiger partial charge in [0, 0.05) is 30.0 Å². The summed E-state index contributed by atoms with van der Waals surface area (Å²) >= 11 is 0. The lowest BCUT2D eigenvalue weighted by Gasteiger charge is -2.40. The van der Waals surface area contributed by atoms with Crippen molar-refractivity contribution in [3.8, 4) is 5.75 Å². The van der Waals surface area contributed by atoms with Crippen molar-refractivity contribution in [3.63, 3.8) is 0 Å². The van der Waals surface area contributed by atoms with E-state index in [1.807, 2.05) is 29.2 Å². The second kappa shape index (κ2) is 7.56. The number of rotatable bonds is 5. The van der Waals surface area contributed by atoms with Crippen molar-refractivity contribution in [2.45, 2.75) is 63.2 Å². The zero-order valence-corrected chi connectivity index (χ0v) is 17.6. The van der Waals surface area contributed by atoms with Crippen molar-refractivity contribution >= 4 is 5.91 Å². The van der Waals surface area contributed by atoms with Crippen molar-refractivity contribution in [2.75, 3.05) is 19.7 Å². The smallest absolute Gasteiger partial charge is 0.257 e. The minimum absolute atomic E-state index is 0.0153. The Bertz CT molecular complexity index is 1030. The fourth-order valence-electron chi connectivity index (χ4n) is 5.07. The van der Waals surface area contributed by atoms with E-state index in [9.17, 15) is 9.59 Å². The topological polar surface area (TPSA) is 75.3 Å². The first-order valence-electron chi connectivity index (χ1n) is 11.3. The van der Waals surface area contributed by atoms with E-state index < -0.39 is 0 Å². The summed E-state index contributed by atoms with van der Waals surface area (Å²) in [6.45, 7) is 4.01. The lowest BCUT2D eigenvalue weighted by molar-refractivity contribution is 0.0629. The number of H-pyrrole nitrogens is 1. The van der Waals surface area contributed by atoms with Crippen LogP contribution in [-0.4, -0.2) is 40.5 Å². The molecule has 158 valence electrons. The van der Waals surface area contributed by atoms with Gasteiger partial charge in [-0.05, 0) is 57.1 Å². The number of carbonyl (C=O) groups is 1. The van der Waals surface area contributed by atoms with Crippen LogP contribution in [0.25, 0.3) is 0 Å². The van der Waals surface area contributed by atoms with Gasteiger partial charge in [0.25, 0.3) is 11.5 Å². The third-order valence-corrected chi connectivity index (χ3v) is 6.80. The van der Waals surface area contributed by atoms with Gasteiger partial charge in [0.1, 0.15) is 11.6 Å². The molecule has 3 aliphatic rings. The number of likely N-dealkylation sites (tertiary alicyclic amines) is 1. The van der Waals surface area contributed by atoms with E-state index in [0.29, 0.717) is 30.4 Å². The number of para-hydroxylation sites is 1. The average Bonchev–Trinajstić information content (AvgIpc) is 3.57. The van der Waals surface area contributed by atoms with Crippen molar-refractivity contribution in [1.29, 1.82) is 0 Å². The number of hydrogen-bond donors (Lipinski definition) is 1. The van der Waals surface area contributed by atoms with Crippen LogP contribution in [-0.2, 0) is 11.8 Å². The lowest BCUT2D eigenvalue weighted by Crippen LogP contribution is -2.48. The van der Waals surface area contributed by atoms with Gasteiger partial charge in [0.2, 0.25) is 0 Å². The summed E-state index contributed by atoms with van der Waals surface area (Å²) in [6.07, 6.45) is 6.66. The largest absolute Gasteiger partial charge is 0.493 e. The van der Waals surface area contributed by atoms with Crippen molar-refractivity contribution in [3.05, 3.63) is 57.3 Å². The minimum Gasteiger partial charge on any atom is -0.493 e. The number of nitrogens with one attached hydrogen (secondary N) is 1. The number of aromatic amines is 1. The Labute approximate surface area is 176 Å². The monoisotopic (exact) mass is 407 g/mol. The summed E-state index contributed by atoms with van der Waals surface area (Å²) in [5.41, 5.74) is 2.25. The van der Waals surface area contributed by atoms with Crippen molar-refractivity contribution < 1.29 is 9.53 Å². The maximum absolute atomic E-state index is 13.4. The van der Waals surface area contributed by atoms with Crippen LogP contribution in [0.3, 0.4) is 0 Å². The third-order valence-electron chi connectivity index (χ3n) is 6.80. The predicted molar refractivity (Wildman–Crippen MR) is 114 cm³/mol. The van der Waals surface area contributed by atoms with E-state index >= 15 is 0 Å². The predicted octanol–water partition coefficient (Wildman–Crippen LogP) is 3.56. The van der Waals surface area contributed by atoms with E-state index in [4.69, 9.17) is 9.72 Å². The Hall–Kier alpha value is -2.63. The molecule has 30 heavy (non-hydrogen) atoms. The van der Waals surface area contributed by atoms with E-state index in [1.54, 1.807) is 0 Å². The Balaban J connectivity index is 1.44. The van der Waals surface area contributed by atoms with Crippen LogP contribution in [0.5, 0.6) is 5.75 Å². The van der Waals surface area contributed by atoms with E-state index in [2.05, 4.69) is 11.9 Å². The van der Waals surface area contributed by atoms with Gasteiger partial charge in [-0.3, -0.25) is 9.59 Å². The first-order valence-corrected chi connectivity index (χ1v) is 11.3. The number of fused-ring (bicyclic) bond motifs is 2. The molecule has 5 rings (SSSR count). The zero-order chi connectivity index (χ0) is 20.7. The highest BCUT2D eigenvalue weighted by Gasteiger charge is 2.46. The summed E-state index contributed by atoms with van der Waals surface area (Å²) < 4.78 is 5.83. The number of aromatic nitrogens is 2. The molecule has 2 aliphatic carbocycles. The Morgan fingerprint density at radius 3 is 2.93 bits per heavy atom. The highest BCUT2D eigenvalue weighted by atomic mass is 16.5. The average molecular weight is 408 g/mol. The highest BCUT2D eigenvalue weighted by molar-refractivity contribution is 5.97. The number of amides is 1. The normalized spacial score (nSPS) is 22.9.